The minimum Gasteiger partial charge on any atom is -0.387 e. The molecule has 0 aliphatic carbocycles. The number of β-amino-alcohol motifs (C(OH)–C–C–N with tert-alkyl or cyclic N) is 1. The maximum atomic E-state index is 12.2. The van der Waals surface area contributed by atoms with E-state index in [1.54, 1.807) is 0 Å². The van der Waals surface area contributed by atoms with Gasteiger partial charge in [0.15, 0.2) is 0 Å². The summed E-state index contributed by atoms with van der Waals surface area (Å²) >= 11 is 0. The molecule has 1 N–H and O–H groups in total. The van der Waals surface area contributed by atoms with E-state index < -0.39 is 6.10 Å². The van der Waals surface area contributed by atoms with E-state index in [-0.39, 0.29) is 11.3 Å². The summed E-state index contributed by atoms with van der Waals surface area (Å²) < 4.78 is 0. The van der Waals surface area contributed by atoms with Crippen molar-refractivity contribution in [2.45, 2.75) is 47.1 Å². The number of nitrogens with zero attached hydrogens (tertiary/aromatic N) is 1. The molecule has 0 radical (unpaired) electrons. The Morgan fingerprint density at radius 1 is 1.33 bits per heavy atom. The van der Waals surface area contributed by atoms with Gasteiger partial charge in [-0.15, -0.1) is 0 Å². The van der Waals surface area contributed by atoms with E-state index in [1.807, 2.05) is 36.9 Å². The summed E-state index contributed by atoms with van der Waals surface area (Å²) in [6.07, 6.45) is -0.00389. The van der Waals surface area contributed by atoms with Gasteiger partial charge in [-0.25, -0.2) is 0 Å². The molecule has 116 valence electrons. The van der Waals surface area contributed by atoms with E-state index >= 15 is 0 Å². The van der Waals surface area contributed by atoms with Crippen LogP contribution < -0.4 is 0 Å². The van der Waals surface area contributed by atoms with Gasteiger partial charge < -0.3 is 10.0 Å². The molecule has 1 aromatic carbocycles. The lowest BCUT2D eigenvalue weighted by Crippen LogP contribution is -2.31. The van der Waals surface area contributed by atoms with Crippen LogP contribution in [0.2, 0.25) is 0 Å². The normalized spacial score (nSPS) is 21.0. The zero-order valence-electron chi connectivity index (χ0n) is 13.8. The van der Waals surface area contributed by atoms with E-state index in [1.165, 1.54) is 0 Å². The summed E-state index contributed by atoms with van der Waals surface area (Å²) in [5.41, 5.74) is 3.28. The molecule has 3 nitrogen and oxygen atoms in total. The Hall–Kier alpha value is -1.35. The van der Waals surface area contributed by atoms with Crippen LogP contribution in [0.15, 0.2) is 18.2 Å². The van der Waals surface area contributed by atoms with E-state index in [0.29, 0.717) is 18.9 Å². The van der Waals surface area contributed by atoms with Gasteiger partial charge in [-0.2, -0.15) is 0 Å². The van der Waals surface area contributed by atoms with Crippen LogP contribution in [0.5, 0.6) is 0 Å². The summed E-state index contributed by atoms with van der Waals surface area (Å²) in [5, 5.41) is 10.5. The molecule has 3 heteroatoms. The van der Waals surface area contributed by atoms with Gasteiger partial charge in [-0.3, -0.25) is 4.79 Å². The van der Waals surface area contributed by atoms with Gasteiger partial charge in [-0.1, -0.05) is 44.5 Å². The largest absolute Gasteiger partial charge is 0.387 e. The van der Waals surface area contributed by atoms with Crippen LogP contribution in [0.1, 0.15) is 50.0 Å². The molecule has 2 rings (SSSR count). The SMILES string of the molecule is Cc1ccc(C)c(C(O)CN2CC(C(C)(C)C)CC2=O)c1. The first-order valence-corrected chi connectivity index (χ1v) is 7.71. The highest BCUT2D eigenvalue weighted by Crippen LogP contribution is 2.35. The molecule has 1 fully saturated rings. The predicted molar refractivity (Wildman–Crippen MR) is 85.0 cm³/mol. The Balaban J connectivity index is 2.08. The first kappa shape index (κ1) is 16.0. The Morgan fingerprint density at radius 2 is 2.00 bits per heavy atom. The van der Waals surface area contributed by atoms with Gasteiger partial charge in [0.1, 0.15) is 0 Å². The fourth-order valence-corrected chi connectivity index (χ4v) is 2.95. The molecule has 1 aromatic rings. The molecule has 1 amide bonds. The lowest BCUT2D eigenvalue weighted by atomic mass is 9.80. The van der Waals surface area contributed by atoms with E-state index in [9.17, 15) is 9.90 Å². The van der Waals surface area contributed by atoms with Gasteiger partial charge >= 0.3 is 0 Å². The molecule has 0 aromatic heterocycles. The molecule has 1 heterocycles. The quantitative estimate of drug-likeness (QED) is 0.928. The number of aliphatic hydroxyl groups excluding tert-OH is 1. The van der Waals surface area contributed by atoms with Crippen molar-refractivity contribution in [3.63, 3.8) is 0 Å². The molecule has 1 saturated heterocycles. The van der Waals surface area contributed by atoms with Gasteiger partial charge in [-0.05, 0) is 36.3 Å². The minimum absolute atomic E-state index is 0.134. The summed E-state index contributed by atoms with van der Waals surface area (Å²) in [4.78, 5) is 14.0. The third-order valence-corrected chi connectivity index (χ3v) is 4.63. The second-order valence-corrected chi connectivity index (χ2v) is 7.44. The van der Waals surface area contributed by atoms with Crippen molar-refractivity contribution in [2.75, 3.05) is 13.1 Å². The lowest BCUT2D eigenvalue weighted by molar-refractivity contribution is -0.129. The highest BCUT2D eigenvalue weighted by atomic mass is 16.3. The first-order valence-electron chi connectivity index (χ1n) is 7.71. The fourth-order valence-electron chi connectivity index (χ4n) is 2.95. The number of aryl methyl sites for hydroxylation is 2. The number of rotatable bonds is 3. The van der Waals surface area contributed by atoms with Crippen LogP contribution >= 0.6 is 0 Å². The molecule has 21 heavy (non-hydrogen) atoms. The molecular weight excluding hydrogens is 262 g/mol. The summed E-state index contributed by atoms with van der Waals surface area (Å²) in [5.74, 6) is 0.537. The maximum absolute atomic E-state index is 12.2. The second-order valence-electron chi connectivity index (χ2n) is 7.44. The van der Waals surface area contributed by atoms with E-state index in [0.717, 1.165) is 23.2 Å². The molecule has 1 aliphatic rings. The standard InChI is InChI=1S/C18H27NO2/c1-12-6-7-13(2)15(8-12)16(20)11-19-10-14(9-17(19)21)18(3,4)5/h6-8,14,16,20H,9-11H2,1-5H3. The number of aliphatic hydroxyl groups is 1. The Bertz CT molecular complexity index is 531. The summed E-state index contributed by atoms with van der Waals surface area (Å²) in [6.45, 7) is 11.7. The van der Waals surface area contributed by atoms with Crippen LogP contribution in [0, 0.1) is 25.2 Å². The molecule has 2 atom stereocenters. The number of carbonyl (C=O) groups is 1. The second kappa shape index (κ2) is 5.80. The third kappa shape index (κ3) is 3.65. The number of hydrogen-bond donors (Lipinski definition) is 1. The zero-order chi connectivity index (χ0) is 15.8. The first-order chi connectivity index (χ1) is 9.68. The summed E-state index contributed by atoms with van der Waals surface area (Å²) in [6, 6.07) is 6.08. The van der Waals surface area contributed by atoms with Crippen molar-refractivity contribution < 1.29 is 9.90 Å². The summed E-state index contributed by atoms with van der Waals surface area (Å²) in [7, 11) is 0. The van der Waals surface area contributed by atoms with Gasteiger partial charge in [0.2, 0.25) is 5.91 Å². The number of likely N-dealkylation sites (tertiary alicyclic amines) is 1. The number of hydrogen-bond acceptors (Lipinski definition) is 2. The monoisotopic (exact) mass is 289 g/mol. The van der Waals surface area contributed by atoms with Crippen molar-refractivity contribution in [1.82, 2.24) is 4.90 Å². The average Bonchev–Trinajstić information content (AvgIpc) is 2.74. The van der Waals surface area contributed by atoms with Crippen LogP contribution in [0.3, 0.4) is 0 Å². The highest BCUT2D eigenvalue weighted by Gasteiger charge is 2.37. The minimum atomic E-state index is -0.604. The average molecular weight is 289 g/mol. The van der Waals surface area contributed by atoms with Crippen molar-refractivity contribution in [3.8, 4) is 0 Å². The predicted octanol–water partition coefficient (Wildman–Crippen LogP) is 3.23. The van der Waals surface area contributed by atoms with Gasteiger partial charge in [0.25, 0.3) is 0 Å². The van der Waals surface area contributed by atoms with Crippen molar-refractivity contribution in [2.24, 2.45) is 11.3 Å². The molecule has 0 bridgehead atoms. The molecule has 0 spiro atoms. The number of amides is 1. The number of benzene rings is 1. The van der Waals surface area contributed by atoms with Crippen LogP contribution in [0.4, 0.5) is 0 Å². The number of carbonyl (C=O) groups excluding carboxylic acids is 1. The molecule has 0 saturated carbocycles. The Kier molecular flexibility index (Phi) is 4.43. The van der Waals surface area contributed by atoms with Crippen LogP contribution in [0.25, 0.3) is 0 Å². The van der Waals surface area contributed by atoms with Crippen molar-refractivity contribution >= 4 is 5.91 Å². The van der Waals surface area contributed by atoms with Crippen molar-refractivity contribution in [3.05, 3.63) is 34.9 Å². The molecule has 2 unspecified atom stereocenters. The van der Waals surface area contributed by atoms with E-state index in [2.05, 4.69) is 20.8 Å². The highest BCUT2D eigenvalue weighted by molar-refractivity contribution is 5.78. The van der Waals surface area contributed by atoms with E-state index in [4.69, 9.17) is 0 Å². The van der Waals surface area contributed by atoms with Gasteiger partial charge in [0.05, 0.1) is 12.6 Å². The van der Waals surface area contributed by atoms with Gasteiger partial charge in [0, 0.05) is 13.0 Å². The topological polar surface area (TPSA) is 40.5 Å². The molecular formula is C18H27NO2. The van der Waals surface area contributed by atoms with Crippen LogP contribution in [-0.4, -0.2) is 29.0 Å². The zero-order valence-corrected chi connectivity index (χ0v) is 13.8. The lowest BCUT2D eigenvalue weighted by Gasteiger charge is -2.27. The van der Waals surface area contributed by atoms with Crippen molar-refractivity contribution in [1.29, 1.82) is 0 Å². The maximum Gasteiger partial charge on any atom is 0.223 e. The Labute approximate surface area is 128 Å². The fraction of sp³-hybridized carbons (Fsp3) is 0.611. The molecule has 1 aliphatic heterocycles. The Morgan fingerprint density at radius 3 is 2.57 bits per heavy atom. The smallest absolute Gasteiger partial charge is 0.223 e. The third-order valence-electron chi connectivity index (χ3n) is 4.63. The van der Waals surface area contributed by atoms with Crippen LogP contribution in [-0.2, 0) is 4.79 Å².